The number of rotatable bonds is 6. The van der Waals surface area contributed by atoms with E-state index in [0.717, 1.165) is 23.5 Å². The molecule has 1 aliphatic rings. The lowest BCUT2D eigenvalue weighted by molar-refractivity contribution is 0.241. The predicted molar refractivity (Wildman–Crippen MR) is 85.1 cm³/mol. The molecule has 0 unspecified atom stereocenters. The van der Waals surface area contributed by atoms with E-state index in [-0.39, 0.29) is 17.8 Å². The summed E-state index contributed by atoms with van der Waals surface area (Å²) in [5.74, 6) is 0.737. The molecule has 0 aromatic carbocycles. The van der Waals surface area contributed by atoms with Crippen LogP contribution in [0, 0.1) is 0 Å². The van der Waals surface area contributed by atoms with Crippen molar-refractivity contribution in [3.8, 4) is 10.7 Å². The first-order chi connectivity index (χ1) is 10.7. The smallest absolute Gasteiger partial charge is 0.338 e. The predicted octanol–water partition coefficient (Wildman–Crippen LogP) is 1.43. The summed E-state index contributed by atoms with van der Waals surface area (Å²) in [5, 5.41) is 11.8. The Bertz CT molecular complexity index is 699. The molecule has 0 aliphatic heterocycles. The lowest BCUT2D eigenvalue weighted by atomic mass is 10.4. The highest BCUT2D eigenvalue weighted by atomic mass is 32.1. The van der Waals surface area contributed by atoms with E-state index in [0.29, 0.717) is 19.6 Å². The molecule has 2 aromatic heterocycles. The Hall–Kier alpha value is -2.09. The van der Waals surface area contributed by atoms with Crippen molar-refractivity contribution in [1.82, 2.24) is 25.0 Å². The van der Waals surface area contributed by atoms with Gasteiger partial charge in [-0.15, -0.1) is 16.4 Å². The molecular formula is C14H19N5O2S. The first kappa shape index (κ1) is 14.8. The van der Waals surface area contributed by atoms with E-state index in [1.54, 1.807) is 15.9 Å². The van der Waals surface area contributed by atoms with Gasteiger partial charge in [-0.25, -0.2) is 14.3 Å². The second-order valence-corrected chi connectivity index (χ2v) is 6.14. The molecule has 2 amide bonds. The van der Waals surface area contributed by atoms with Gasteiger partial charge in [0, 0.05) is 19.1 Å². The summed E-state index contributed by atoms with van der Waals surface area (Å²) in [6, 6.07) is 3.98. The average Bonchev–Trinajstić information content (AvgIpc) is 3.07. The van der Waals surface area contributed by atoms with Crippen molar-refractivity contribution >= 4 is 17.4 Å². The fraction of sp³-hybridized carbons (Fsp3) is 0.500. The Morgan fingerprint density at radius 2 is 2.27 bits per heavy atom. The molecule has 0 bridgehead atoms. The van der Waals surface area contributed by atoms with Crippen molar-refractivity contribution in [3.63, 3.8) is 0 Å². The normalized spacial score (nSPS) is 14.0. The minimum Gasteiger partial charge on any atom is -0.338 e. The fourth-order valence-electron chi connectivity index (χ4n) is 2.30. The zero-order valence-corrected chi connectivity index (χ0v) is 13.2. The molecule has 0 atom stereocenters. The highest BCUT2D eigenvalue weighted by molar-refractivity contribution is 7.13. The Balaban J connectivity index is 1.76. The standard InChI is InChI=1S/C14H19N5O2S/c1-2-15-13(20)16-7-8-18-14(21)19(10-5-6-10)12(17-18)11-4-3-9-22-11/h3-4,9-10H,2,5-8H2,1H3,(H2,15,16,20). The first-order valence-corrected chi connectivity index (χ1v) is 8.33. The second-order valence-electron chi connectivity index (χ2n) is 5.19. The minimum absolute atomic E-state index is 0.0939. The summed E-state index contributed by atoms with van der Waals surface area (Å²) >= 11 is 1.58. The second kappa shape index (κ2) is 6.35. The summed E-state index contributed by atoms with van der Waals surface area (Å²) in [6.07, 6.45) is 2.06. The first-order valence-electron chi connectivity index (χ1n) is 7.45. The van der Waals surface area contributed by atoms with Gasteiger partial charge in [-0.1, -0.05) is 6.07 Å². The number of carbonyl (C=O) groups is 1. The molecule has 0 radical (unpaired) electrons. The van der Waals surface area contributed by atoms with Gasteiger partial charge in [0.1, 0.15) is 0 Å². The van der Waals surface area contributed by atoms with Crippen LogP contribution in [0.4, 0.5) is 4.79 Å². The van der Waals surface area contributed by atoms with Gasteiger partial charge in [0.05, 0.1) is 11.4 Å². The SMILES string of the molecule is CCNC(=O)NCCn1nc(-c2cccs2)n(C2CC2)c1=O. The maximum absolute atomic E-state index is 12.5. The summed E-state index contributed by atoms with van der Waals surface area (Å²) in [4.78, 5) is 24.9. The number of amides is 2. The van der Waals surface area contributed by atoms with E-state index in [1.807, 2.05) is 24.4 Å². The zero-order valence-electron chi connectivity index (χ0n) is 12.4. The highest BCUT2D eigenvalue weighted by Crippen LogP contribution is 2.37. The third-order valence-corrected chi connectivity index (χ3v) is 4.34. The molecule has 118 valence electrons. The van der Waals surface area contributed by atoms with Crippen molar-refractivity contribution in [3.05, 3.63) is 28.0 Å². The van der Waals surface area contributed by atoms with Gasteiger partial charge in [0.15, 0.2) is 5.82 Å². The number of hydrogen-bond donors (Lipinski definition) is 2. The summed E-state index contributed by atoms with van der Waals surface area (Å²) in [7, 11) is 0. The van der Waals surface area contributed by atoms with Gasteiger partial charge in [-0.05, 0) is 31.2 Å². The van der Waals surface area contributed by atoms with Crippen LogP contribution in [-0.4, -0.2) is 33.5 Å². The van der Waals surface area contributed by atoms with Gasteiger partial charge in [-0.3, -0.25) is 4.57 Å². The number of urea groups is 1. The average molecular weight is 321 g/mol. The Labute approximate surface area is 132 Å². The van der Waals surface area contributed by atoms with Gasteiger partial charge >= 0.3 is 11.7 Å². The van der Waals surface area contributed by atoms with E-state index >= 15 is 0 Å². The molecule has 3 rings (SSSR count). The van der Waals surface area contributed by atoms with Crippen molar-refractivity contribution in [1.29, 1.82) is 0 Å². The largest absolute Gasteiger partial charge is 0.346 e. The van der Waals surface area contributed by atoms with Crippen LogP contribution < -0.4 is 16.3 Å². The van der Waals surface area contributed by atoms with E-state index in [2.05, 4.69) is 15.7 Å². The fourth-order valence-corrected chi connectivity index (χ4v) is 3.01. The van der Waals surface area contributed by atoms with Crippen molar-refractivity contribution in [2.75, 3.05) is 13.1 Å². The van der Waals surface area contributed by atoms with Crippen LogP contribution in [0.3, 0.4) is 0 Å². The third kappa shape index (κ3) is 3.06. The minimum atomic E-state index is -0.226. The maximum Gasteiger partial charge on any atom is 0.346 e. The van der Waals surface area contributed by atoms with Crippen LogP contribution in [0.25, 0.3) is 10.7 Å². The monoisotopic (exact) mass is 321 g/mol. The van der Waals surface area contributed by atoms with Crippen molar-refractivity contribution < 1.29 is 4.79 Å². The van der Waals surface area contributed by atoms with Crippen molar-refractivity contribution in [2.45, 2.75) is 32.4 Å². The number of aromatic nitrogens is 3. The Morgan fingerprint density at radius 1 is 1.45 bits per heavy atom. The quantitative estimate of drug-likeness (QED) is 0.844. The summed E-state index contributed by atoms with van der Waals surface area (Å²) in [6.45, 7) is 3.17. The Morgan fingerprint density at radius 3 is 2.91 bits per heavy atom. The van der Waals surface area contributed by atoms with Gasteiger partial charge in [0.25, 0.3) is 0 Å². The lowest BCUT2D eigenvalue weighted by Gasteiger charge is -2.04. The number of nitrogens with zero attached hydrogens (tertiary/aromatic N) is 3. The third-order valence-electron chi connectivity index (χ3n) is 3.47. The van der Waals surface area contributed by atoms with Crippen LogP contribution in [0.5, 0.6) is 0 Å². The van der Waals surface area contributed by atoms with Crippen LogP contribution in [0.15, 0.2) is 22.3 Å². The van der Waals surface area contributed by atoms with Gasteiger partial charge in [0.2, 0.25) is 0 Å². The van der Waals surface area contributed by atoms with Crippen LogP contribution >= 0.6 is 11.3 Å². The van der Waals surface area contributed by atoms with Crippen LogP contribution in [0.2, 0.25) is 0 Å². The molecule has 1 fully saturated rings. The number of carbonyl (C=O) groups excluding carboxylic acids is 1. The molecule has 0 saturated heterocycles. The topological polar surface area (TPSA) is 81.0 Å². The Kier molecular flexibility index (Phi) is 4.28. The lowest BCUT2D eigenvalue weighted by Crippen LogP contribution is -2.38. The molecule has 1 saturated carbocycles. The van der Waals surface area contributed by atoms with Crippen LogP contribution in [-0.2, 0) is 6.54 Å². The summed E-state index contributed by atoms with van der Waals surface area (Å²) < 4.78 is 3.23. The van der Waals surface area contributed by atoms with E-state index < -0.39 is 0 Å². The van der Waals surface area contributed by atoms with E-state index in [4.69, 9.17) is 0 Å². The van der Waals surface area contributed by atoms with E-state index in [1.165, 1.54) is 4.68 Å². The molecule has 0 spiro atoms. The molecule has 2 aromatic rings. The molecule has 7 nitrogen and oxygen atoms in total. The van der Waals surface area contributed by atoms with Crippen molar-refractivity contribution in [2.24, 2.45) is 0 Å². The molecule has 8 heteroatoms. The van der Waals surface area contributed by atoms with Gasteiger partial charge in [-0.2, -0.15) is 0 Å². The summed E-state index contributed by atoms with van der Waals surface area (Å²) in [5.41, 5.74) is -0.0939. The molecular weight excluding hydrogens is 302 g/mol. The maximum atomic E-state index is 12.5. The molecule has 1 aliphatic carbocycles. The number of nitrogens with one attached hydrogen (secondary N) is 2. The van der Waals surface area contributed by atoms with Gasteiger partial charge < -0.3 is 10.6 Å². The molecule has 22 heavy (non-hydrogen) atoms. The zero-order chi connectivity index (χ0) is 15.5. The number of thiophene rings is 1. The van der Waals surface area contributed by atoms with E-state index in [9.17, 15) is 9.59 Å². The van der Waals surface area contributed by atoms with Crippen LogP contribution in [0.1, 0.15) is 25.8 Å². The highest BCUT2D eigenvalue weighted by Gasteiger charge is 2.30. The number of hydrogen-bond acceptors (Lipinski definition) is 4. The molecule has 2 heterocycles. The molecule has 2 N–H and O–H groups in total.